The third-order valence-electron chi connectivity index (χ3n) is 3.11. The number of aryl methyl sites for hydroxylation is 1. The third kappa shape index (κ3) is 3.05. The van der Waals surface area contributed by atoms with E-state index in [0.29, 0.717) is 12.3 Å². The lowest BCUT2D eigenvalue weighted by atomic mass is 10.1. The number of hydrogen-bond donors (Lipinski definition) is 1. The highest BCUT2D eigenvalue weighted by molar-refractivity contribution is 5.38. The molecule has 5 nitrogen and oxygen atoms in total. The Bertz CT molecular complexity index is 662. The first kappa shape index (κ1) is 14.3. The molecule has 0 aliphatic rings. The van der Waals surface area contributed by atoms with E-state index in [1.807, 2.05) is 13.0 Å². The van der Waals surface area contributed by atoms with Gasteiger partial charge in [0, 0.05) is 11.6 Å². The molecule has 2 aromatic rings. The van der Waals surface area contributed by atoms with Crippen LogP contribution < -0.4 is 10.3 Å². The molecule has 1 N–H and O–H groups in total. The molecule has 1 heterocycles. The van der Waals surface area contributed by atoms with Crippen molar-refractivity contribution in [1.82, 2.24) is 9.78 Å². The highest BCUT2D eigenvalue weighted by Crippen LogP contribution is 2.23. The molecule has 0 amide bonds. The van der Waals surface area contributed by atoms with E-state index >= 15 is 0 Å². The van der Waals surface area contributed by atoms with Gasteiger partial charge in [-0.25, -0.2) is 4.68 Å². The van der Waals surface area contributed by atoms with E-state index in [2.05, 4.69) is 5.10 Å². The molecule has 2 rings (SSSR count). The molecule has 20 heavy (non-hydrogen) atoms. The number of ether oxygens (including phenoxy) is 1. The van der Waals surface area contributed by atoms with Crippen molar-refractivity contribution in [2.45, 2.75) is 26.5 Å². The van der Waals surface area contributed by atoms with Gasteiger partial charge in [-0.3, -0.25) is 4.79 Å². The van der Waals surface area contributed by atoms with Crippen LogP contribution in [-0.2, 0) is 6.54 Å². The summed E-state index contributed by atoms with van der Waals surface area (Å²) >= 11 is 0. The average Bonchev–Trinajstić information content (AvgIpc) is 2.41. The Morgan fingerprint density at radius 1 is 1.40 bits per heavy atom. The number of rotatable bonds is 4. The molecule has 0 aliphatic carbocycles. The second-order valence-corrected chi connectivity index (χ2v) is 4.78. The van der Waals surface area contributed by atoms with Crippen LogP contribution in [0.1, 0.15) is 29.7 Å². The van der Waals surface area contributed by atoms with Crippen molar-refractivity contribution in [2.24, 2.45) is 0 Å². The standard InChI is InChI=1S/C15H18N2O3/c1-10-6-15(19)17(16-8-10)9-13-7-12(11(2)18)4-5-14(13)20-3/h4-8,11,18H,9H2,1-3H3. The molecule has 106 valence electrons. The zero-order chi connectivity index (χ0) is 14.7. The maximum absolute atomic E-state index is 11.9. The van der Waals surface area contributed by atoms with Crippen molar-refractivity contribution in [1.29, 1.82) is 0 Å². The van der Waals surface area contributed by atoms with Crippen LogP contribution in [0.3, 0.4) is 0 Å². The van der Waals surface area contributed by atoms with E-state index in [0.717, 1.165) is 16.7 Å². The van der Waals surface area contributed by atoms with Crippen molar-refractivity contribution in [3.05, 3.63) is 57.5 Å². The Hall–Kier alpha value is -2.14. The SMILES string of the molecule is COc1ccc(C(C)O)cc1Cn1ncc(C)cc1=O. The first-order valence-corrected chi connectivity index (χ1v) is 6.40. The average molecular weight is 274 g/mol. The van der Waals surface area contributed by atoms with Crippen LogP contribution in [0.25, 0.3) is 0 Å². The van der Waals surface area contributed by atoms with Crippen molar-refractivity contribution in [2.75, 3.05) is 7.11 Å². The minimum absolute atomic E-state index is 0.158. The van der Waals surface area contributed by atoms with Crippen LogP contribution in [0.5, 0.6) is 5.75 Å². The van der Waals surface area contributed by atoms with Gasteiger partial charge in [0.25, 0.3) is 5.56 Å². The molecule has 0 spiro atoms. The van der Waals surface area contributed by atoms with Crippen LogP contribution in [0.4, 0.5) is 0 Å². The number of hydrogen-bond acceptors (Lipinski definition) is 4. The van der Waals surface area contributed by atoms with Gasteiger partial charge in [-0.05, 0) is 37.1 Å². The monoisotopic (exact) mass is 274 g/mol. The normalized spacial score (nSPS) is 12.2. The van der Waals surface area contributed by atoms with E-state index < -0.39 is 6.10 Å². The second kappa shape index (κ2) is 5.88. The summed E-state index contributed by atoms with van der Waals surface area (Å²) in [4.78, 5) is 11.9. The van der Waals surface area contributed by atoms with E-state index in [1.54, 1.807) is 32.4 Å². The zero-order valence-corrected chi connectivity index (χ0v) is 11.8. The Labute approximate surface area is 117 Å². The molecule has 1 aromatic heterocycles. The Morgan fingerprint density at radius 2 is 2.15 bits per heavy atom. The van der Waals surface area contributed by atoms with Crippen LogP contribution in [-0.4, -0.2) is 22.0 Å². The highest BCUT2D eigenvalue weighted by Gasteiger charge is 2.09. The van der Waals surface area contributed by atoms with Gasteiger partial charge in [-0.1, -0.05) is 6.07 Å². The van der Waals surface area contributed by atoms with Gasteiger partial charge < -0.3 is 9.84 Å². The molecule has 0 bridgehead atoms. The molecule has 0 aliphatic heterocycles. The van der Waals surface area contributed by atoms with Gasteiger partial charge in [-0.15, -0.1) is 0 Å². The minimum atomic E-state index is -0.567. The fraction of sp³-hybridized carbons (Fsp3) is 0.333. The lowest BCUT2D eigenvalue weighted by Crippen LogP contribution is -2.23. The molecule has 0 fully saturated rings. The first-order chi connectivity index (χ1) is 9.51. The first-order valence-electron chi connectivity index (χ1n) is 6.40. The smallest absolute Gasteiger partial charge is 0.267 e. The molecule has 1 unspecified atom stereocenters. The maximum Gasteiger partial charge on any atom is 0.267 e. The summed E-state index contributed by atoms with van der Waals surface area (Å²) in [5.74, 6) is 0.670. The van der Waals surface area contributed by atoms with E-state index in [1.165, 1.54) is 10.7 Å². The second-order valence-electron chi connectivity index (χ2n) is 4.78. The van der Waals surface area contributed by atoms with Gasteiger partial charge in [0.1, 0.15) is 5.75 Å². The largest absolute Gasteiger partial charge is 0.496 e. The van der Waals surface area contributed by atoms with Gasteiger partial charge in [0.2, 0.25) is 0 Å². The predicted molar refractivity (Wildman–Crippen MR) is 76.0 cm³/mol. The molecule has 5 heteroatoms. The van der Waals surface area contributed by atoms with Crippen molar-refractivity contribution in [3.63, 3.8) is 0 Å². The van der Waals surface area contributed by atoms with Gasteiger partial charge in [0.15, 0.2) is 0 Å². The Kier molecular flexibility index (Phi) is 4.20. The minimum Gasteiger partial charge on any atom is -0.496 e. The molecular formula is C15H18N2O3. The van der Waals surface area contributed by atoms with Gasteiger partial charge >= 0.3 is 0 Å². The Balaban J connectivity index is 2.40. The van der Waals surface area contributed by atoms with Crippen LogP contribution in [0.15, 0.2) is 35.3 Å². The molecular weight excluding hydrogens is 256 g/mol. The summed E-state index contributed by atoms with van der Waals surface area (Å²) in [6, 6.07) is 6.96. The fourth-order valence-corrected chi connectivity index (χ4v) is 1.99. The zero-order valence-electron chi connectivity index (χ0n) is 11.8. The predicted octanol–water partition coefficient (Wildman–Crippen LogP) is 1.66. The summed E-state index contributed by atoms with van der Waals surface area (Å²) in [6.45, 7) is 3.83. The number of benzene rings is 1. The third-order valence-corrected chi connectivity index (χ3v) is 3.11. The number of aliphatic hydroxyl groups is 1. The van der Waals surface area contributed by atoms with E-state index in [9.17, 15) is 9.90 Å². The summed E-state index contributed by atoms with van der Waals surface area (Å²) < 4.78 is 6.66. The number of nitrogens with zero attached hydrogens (tertiary/aromatic N) is 2. The molecule has 0 radical (unpaired) electrons. The highest BCUT2D eigenvalue weighted by atomic mass is 16.5. The van der Waals surface area contributed by atoms with Crippen molar-refractivity contribution < 1.29 is 9.84 Å². The molecule has 0 saturated heterocycles. The lowest BCUT2D eigenvalue weighted by Gasteiger charge is -2.13. The topological polar surface area (TPSA) is 64.3 Å². The van der Waals surface area contributed by atoms with Crippen molar-refractivity contribution in [3.8, 4) is 5.75 Å². The summed E-state index contributed by atoms with van der Waals surface area (Å²) in [7, 11) is 1.58. The number of aliphatic hydroxyl groups excluding tert-OH is 1. The molecule has 1 aromatic carbocycles. The van der Waals surface area contributed by atoms with Crippen LogP contribution in [0, 0.1) is 6.92 Å². The number of aromatic nitrogens is 2. The summed E-state index contributed by atoms with van der Waals surface area (Å²) in [5, 5.41) is 13.8. The summed E-state index contributed by atoms with van der Waals surface area (Å²) in [6.07, 6.45) is 1.08. The number of methoxy groups -OCH3 is 1. The van der Waals surface area contributed by atoms with Crippen LogP contribution in [0.2, 0.25) is 0 Å². The van der Waals surface area contributed by atoms with Crippen LogP contribution >= 0.6 is 0 Å². The summed E-state index contributed by atoms with van der Waals surface area (Å²) in [5.41, 5.74) is 2.26. The van der Waals surface area contributed by atoms with Gasteiger partial charge in [-0.2, -0.15) is 5.10 Å². The molecule has 1 atom stereocenters. The Morgan fingerprint density at radius 3 is 2.75 bits per heavy atom. The fourth-order valence-electron chi connectivity index (χ4n) is 1.99. The van der Waals surface area contributed by atoms with E-state index in [-0.39, 0.29) is 5.56 Å². The molecule has 0 saturated carbocycles. The van der Waals surface area contributed by atoms with Crippen molar-refractivity contribution >= 4 is 0 Å². The van der Waals surface area contributed by atoms with Gasteiger partial charge in [0.05, 0.1) is 26.0 Å². The maximum atomic E-state index is 11.9. The quantitative estimate of drug-likeness (QED) is 0.921. The lowest BCUT2D eigenvalue weighted by molar-refractivity contribution is 0.199. The van der Waals surface area contributed by atoms with E-state index in [4.69, 9.17) is 4.74 Å².